The number of hydrogen-bond acceptors (Lipinski definition) is 2. The third-order valence-corrected chi connectivity index (χ3v) is 5.67. The number of benzene rings is 2. The molecule has 4 nitrogen and oxygen atoms in total. The van der Waals surface area contributed by atoms with Gasteiger partial charge in [0.05, 0.1) is 11.1 Å². The molecule has 2 aromatic rings. The van der Waals surface area contributed by atoms with Crippen LogP contribution in [0, 0.1) is 21.0 Å². The number of carboxylic acids is 2. The second-order valence-electron chi connectivity index (χ2n) is 4.62. The van der Waals surface area contributed by atoms with E-state index in [1.165, 1.54) is 0 Å². The lowest BCUT2D eigenvalue weighted by Gasteiger charge is -2.00. The number of rotatable bonds is 4. The summed E-state index contributed by atoms with van der Waals surface area (Å²) in [5.41, 5.74) is 2.06. The molecule has 0 aliphatic rings. The Labute approximate surface area is 132 Å². The van der Waals surface area contributed by atoms with E-state index in [0.29, 0.717) is 11.1 Å². The number of aryl methyl sites for hydroxylation is 2. The minimum Gasteiger partial charge on any atom is -0.478 e. The van der Waals surface area contributed by atoms with E-state index in [1.54, 1.807) is 38.1 Å². The molecule has 21 heavy (non-hydrogen) atoms. The van der Waals surface area contributed by atoms with Crippen LogP contribution in [-0.2, 0) is 0 Å². The zero-order valence-electron chi connectivity index (χ0n) is 11.6. The fourth-order valence-electron chi connectivity index (χ4n) is 1.89. The molecule has 5 heteroatoms. The summed E-state index contributed by atoms with van der Waals surface area (Å²) in [7, 11) is 0. The molecule has 0 saturated heterocycles. The van der Waals surface area contributed by atoms with Crippen molar-refractivity contribution >= 4 is 11.9 Å². The summed E-state index contributed by atoms with van der Waals surface area (Å²) in [5, 5.41) is 18.3. The second kappa shape index (κ2) is 6.26. The summed E-state index contributed by atoms with van der Waals surface area (Å²) in [6.45, 7) is 3.53. The summed E-state index contributed by atoms with van der Waals surface area (Å²) in [4.78, 5) is 22.3. The van der Waals surface area contributed by atoms with Crippen LogP contribution in [0.25, 0.3) is 0 Å². The zero-order chi connectivity index (χ0) is 15.6. The Bertz CT molecular complexity index is 661. The highest BCUT2D eigenvalue weighted by molar-refractivity contribution is 5.89. The molecule has 0 radical (unpaired) electrons. The molecule has 0 unspecified atom stereocenters. The fraction of sp³-hybridized carbons (Fsp3) is 0.125. The van der Waals surface area contributed by atoms with Gasteiger partial charge in [0.15, 0.2) is 7.14 Å². The molecule has 0 bridgehead atoms. The van der Waals surface area contributed by atoms with Crippen molar-refractivity contribution < 1.29 is 41.0 Å². The van der Waals surface area contributed by atoms with Crippen molar-refractivity contribution in [3.8, 4) is 0 Å². The molecule has 2 aromatic carbocycles. The molecule has 2 N–H and O–H groups in total. The van der Waals surface area contributed by atoms with Gasteiger partial charge in [-0.15, -0.1) is 0 Å². The van der Waals surface area contributed by atoms with Gasteiger partial charge in [-0.2, -0.15) is 0 Å². The minimum absolute atomic E-state index is 0.303. The highest BCUT2D eigenvalue weighted by Gasteiger charge is 2.21. The maximum atomic E-state index is 11.1. The van der Waals surface area contributed by atoms with Crippen LogP contribution in [0.3, 0.4) is 0 Å². The van der Waals surface area contributed by atoms with E-state index in [9.17, 15) is 9.59 Å². The summed E-state index contributed by atoms with van der Waals surface area (Å²) < 4.78 is 1.91. The SMILES string of the molecule is Cc1ccc([I+]c2ccc(C)c(C(=O)O)c2)cc1C(=O)O. The van der Waals surface area contributed by atoms with E-state index in [-0.39, 0.29) is 0 Å². The predicted molar refractivity (Wildman–Crippen MR) is 73.7 cm³/mol. The zero-order valence-corrected chi connectivity index (χ0v) is 13.7. The third kappa shape index (κ3) is 3.60. The van der Waals surface area contributed by atoms with Gasteiger partial charge >= 0.3 is 33.1 Å². The monoisotopic (exact) mass is 397 g/mol. The van der Waals surface area contributed by atoms with Crippen LogP contribution in [0.2, 0.25) is 0 Å². The van der Waals surface area contributed by atoms with Crippen molar-refractivity contribution in [2.24, 2.45) is 0 Å². The summed E-state index contributed by atoms with van der Waals surface area (Å²) in [6.07, 6.45) is 0. The van der Waals surface area contributed by atoms with Gasteiger partial charge < -0.3 is 10.2 Å². The Balaban J connectivity index is 2.34. The lowest BCUT2D eigenvalue weighted by atomic mass is 10.1. The number of hydrogen-bond donors (Lipinski definition) is 2. The Morgan fingerprint density at radius 1 is 0.810 bits per heavy atom. The Hall–Kier alpha value is -1.89. The van der Waals surface area contributed by atoms with Crippen molar-refractivity contribution in [2.75, 3.05) is 0 Å². The van der Waals surface area contributed by atoms with E-state index in [4.69, 9.17) is 10.2 Å². The first kappa shape index (κ1) is 15.5. The first-order valence-electron chi connectivity index (χ1n) is 6.21. The van der Waals surface area contributed by atoms with Crippen LogP contribution in [0.1, 0.15) is 31.8 Å². The molecular weight excluding hydrogens is 383 g/mol. The molecule has 0 amide bonds. The predicted octanol–water partition coefficient (Wildman–Crippen LogP) is -0.172. The summed E-state index contributed by atoms with van der Waals surface area (Å²) in [6, 6.07) is 10.8. The minimum atomic E-state index is -0.937. The van der Waals surface area contributed by atoms with E-state index >= 15 is 0 Å². The van der Waals surface area contributed by atoms with Crippen molar-refractivity contribution in [3.63, 3.8) is 0 Å². The summed E-state index contributed by atoms with van der Waals surface area (Å²) >= 11 is -0.608. The standard InChI is InChI=1S/C16H13IO4/c1-9-3-5-11(7-13(9)15(18)19)17-12-6-4-10(2)14(8-12)16(20)21/h3-8H,1-2H3,(H-,18,19,20,21)/p+1. The van der Waals surface area contributed by atoms with Gasteiger partial charge in [0.2, 0.25) is 0 Å². The molecule has 0 aliphatic carbocycles. The Morgan fingerprint density at radius 3 is 1.52 bits per heavy atom. The molecule has 0 aliphatic heterocycles. The van der Waals surface area contributed by atoms with Gasteiger partial charge in [0, 0.05) is 12.1 Å². The number of carbonyl (C=O) groups is 2. The van der Waals surface area contributed by atoms with Crippen LogP contribution < -0.4 is 21.2 Å². The van der Waals surface area contributed by atoms with E-state index < -0.39 is 33.1 Å². The van der Waals surface area contributed by atoms with E-state index in [2.05, 4.69) is 0 Å². The first-order chi connectivity index (χ1) is 9.88. The van der Waals surface area contributed by atoms with Gasteiger partial charge in [-0.05, 0) is 37.1 Å². The van der Waals surface area contributed by atoms with Gasteiger partial charge in [-0.3, -0.25) is 0 Å². The topological polar surface area (TPSA) is 74.6 Å². The van der Waals surface area contributed by atoms with Crippen molar-refractivity contribution in [2.45, 2.75) is 13.8 Å². The van der Waals surface area contributed by atoms with Crippen molar-refractivity contribution in [1.29, 1.82) is 0 Å². The molecule has 0 aromatic heterocycles. The highest BCUT2D eigenvalue weighted by Crippen LogP contribution is 2.08. The maximum absolute atomic E-state index is 11.1. The Kier molecular flexibility index (Phi) is 4.62. The van der Waals surface area contributed by atoms with Crippen LogP contribution in [0.5, 0.6) is 0 Å². The molecule has 0 spiro atoms. The summed E-state index contributed by atoms with van der Waals surface area (Å²) in [5.74, 6) is -1.87. The average molecular weight is 397 g/mol. The largest absolute Gasteiger partial charge is 0.478 e. The molecule has 0 heterocycles. The fourth-order valence-corrected chi connectivity index (χ4v) is 4.27. The molecule has 0 fully saturated rings. The average Bonchev–Trinajstić information content (AvgIpc) is 2.42. The van der Waals surface area contributed by atoms with Crippen LogP contribution >= 0.6 is 0 Å². The van der Waals surface area contributed by atoms with Gasteiger partial charge in [0.1, 0.15) is 0 Å². The lowest BCUT2D eigenvalue weighted by Crippen LogP contribution is -3.61. The maximum Gasteiger partial charge on any atom is 0.357 e. The molecule has 0 atom stereocenters. The number of halogens is 1. The normalized spacial score (nSPS) is 10.4. The molecule has 108 valence electrons. The highest BCUT2D eigenvalue weighted by atomic mass is 127. The molecule has 2 rings (SSSR count). The van der Waals surface area contributed by atoms with Gasteiger partial charge in [-0.25, -0.2) is 9.59 Å². The van der Waals surface area contributed by atoms with Gasteiger partial charge in [0.25, 0.3) is 0 Å². The Morgan fingerprint density at radius 2 is 1.19 bits per heavy atom. The van der Waals surface area contributed by atoms with Crippen LogP contribution in [-0.4, -0.2) is 22.2 Å². The van der Waals surface area contributed by atoms with Gasteiger partial charge in [-0.1, -0.05) is 12.1 Å². The smallest absolute Gasteiger partial charge is 0.357 e. The number of carboxylic acid groups (broad SMARTS) is 2. The molecular formula is C16H14IO4+. The van der Waals surface area contributed by atoms with E-state index in [0.717, 1.165) is 18.3 Å². The van der Waals surface area contributed by atoms with Crippen LogP contribution in [0.4, 0.5) is 0 Å². The van der Waals surface area contributed by atoms with E-state index in [1.807, 2.05) is 12.1 Å². The lowest BCUT2D eigenvalue weighted by molar-refractivity contribution is -0.597. The quantitative estimate of drug-likeness (QED) is 0.703. The van der Waals surface area contributed by atoms with Crippen molar-refractivity contribution in [1.82, 2.24) is 0 Å². The second-order valence-corrected chi connectivity index (χ2v) is 7.65. The number of aromatic carboxylic acids is 2. The third-order valence-electron chi connectivity index (χ3n) is 3.08. The van der Waals surface area contributed by atoms with Crippen molar-refractivity contribution in [3.05, 3.63) is 65.8 Å². The van der Waals surface area contributed by atoms with Crippen LogP contribution in [0.15, 0.2) is 36.4 Å². The first-order valence-corrected chi connectivity index (χ1v) is 8.37. The molecule has 0 saturated carbocycles.